The van der Waals surface area contributed by atoms with Crippen LogP contribution in [0.3, 0.4) is 0 Å². The maximum Gasteiger partial charge on any atom is 0.408 e. The Balaban J connectivity index is 0.770. The van der Waals surface area contributed by atoms with Crippen LogP contribution in [0.25, 0.3) is 11.3 Å². The molecule has 6 fully saturated rings. The summed E-state index contributed by atoms with van der Waals surface area (Å²) in [7, 11) is 1.58. The van der Waals surface area contributed by atoms with Gasteiger partial charge in [0, 0.05) is 87.7 Å². The summed E-state index contributed by atoms with van der Waals surface area (Å²) in [5.41, 5.74) is 2.47. The topological polar surface area (TPSA) is 242 Å². The fourth-order valence-corrected chi connectivity index (χ4v) is 9.86. The molecule has 2 amide bonds. The van der Waals surface area contributed by atoms with E-state index in [-0.39, 0.29) is 43.2 Å². The first-order valence-electron chi connectivity index (χ1n) is 22.8. The van der Waals surface area contributed by atoms with Crippen LogP contribution in [-0.2, 0) is 37.0 Å². The molecule has 23 nitrogen and oxygen atoms in total. The number of piperazine rings is 1. The smallest absolute Gasteiger partial charge is 0.408 e. The molecule has 12 rings (SSSR count). The van der Waals surface area contributed by atoms with Crippen LogP contribution in [0, 0.1) is 5.92 Å². The van der Waals surface area contributed by atoms with Gasteiger partial charge in [-0.1, -0.05) is 11.6 Å². The Morgan fingerprint density at radius 1 is 0.899 bits per heavy atom. The molecule has 69 heavy (non-hydrogen) atoms. The first kappa shape index (κ1) is 45.1. The van der Waals surface area contributed by atoms with Crippen molar-refractivity contribution in [2.75, 3.05) is 62.0 Å². The largest absolute Gasteiger partial charge is 0.441 e. The number of aromatic nitrogens is 10. The van der Waals surface area contributed by atoms with Gasteiger partial charge in [0.05, 0.1) is 43.6 Å². The number of H-pyrrole nitrogens is 1. The molecule has 0 unspecified atom stereocenters. The minimum absolute atomic E-state index is 0.0818. The van der Waals surface area contributed by atoms with Crippen molar-refractivity contribution in [1.82, 2.24) is 64.2 Å². The van der Waals surface area contributed by atoms with Crippen molar-refractivity contribution in [2.24, 2.45) is 5.92 Å². The molecule has 26 heteroatoms. The highest BCUT2D eigenvalue weighted by Crippen LogP contribution is 2.57. The van der Waals surface area contributed by atoms with Crippen molar-refractivity contribution in [3.63, 3.8) is 0 Å². The predicted molar refractivity (Wildman–Crippen MR) is 242 cm³/mol. The van der Waals surface area contributed by atoms with E-state index in [1.165, 1.54) is 0 Å². The number of alkyl halides is 2. The molecule has 366 valence electrons. The minimum Gasteiger partial charge on any atom is -0.441 e. The molecule has 2 bridgehead atoms. The third-order valence-corrected chi connectivity index (χ3v) is 13.3. The molecule has 3 aliphatic heterocycles. The molecule has 3 saturated carbocycles. The Kier molecular flexibility index (Phi) is 11.9. The summed E-state index contributed by atoms with van der Waals surface area (Å²) in [6, 6.07) is 6.66. The zero-order valence-electron chi connectivity index (χ0n) is 37.8. The zero-order valence-corrected chi connectivity index (χ0v) is 38.6. The van der Waals surface area contributed by atoms with Crippen molar-refractivity contribution in [3.8, 4) is 0 Å². The summed E-state index contributed by atoms with van der Waals surface area (Å²) in [6.07, 6.45) is -0.869. The Bertz CT molecular complexity index is 2850. The summed E-state index contributed by atoms with van der Waals surface area (Å²) >= 11 is 6.40. The third-order valence-electron chi connectivity index (χ3n) is 13.2. The molecule has 5 N–H and O–H groups in total. The lowest BCUT2D eigenvalue weighted by atomic mass is 9.50. The van der Waals surface area contributed by atoms with Crippen LogP contribution in [0.2, 0.25) is 5.15 Å². The van der Waals surface area contributed by atoms with Crippen molar-refractivity contribution in [1.29, 1.82) is 0 Å². The van der Waals surface area contributed by atoms with Crippen molar-refractivity contribution >= 4 is 64.4 Å². The average Bonchev–Trinajstić information content (AvgIpc) is 4.16. The molecule has 3 aliphatic carbocycles. The van der Waals surface area contributed by atoms with Gasteiger partial charge in [0.15, 0.2) is 36.2 Å². The second-order valence-corrected chi connectivity index (χ2v) is 18.9. The number of methoxy groups -OCH3 is 1. The number of amides is 2. The number of alkyl carbamates (subject to hydrolysis) is 2. The van der Waals surface area contributed by atoms with Crippen molar-refractivity contribution in [2.45, 2.75) is 94.7 Å². The molecule has 9 heterocycles. The van der Waals surface area contributed by atoms with Gasteiger partial charge in [-0.2, -0.15) is 15.2 Å². The van der Waals surface area contributed by atoms with E-state index in [4.69, 9.17) is 45.4 Å². The number of anilines is 5. The number of nitrogens with zero attached hydrogens (tertiary/aromatic N) is 11. The number of hydrogen-bond acceptors (Lipinski definition) is 17. The number of ether oxygens (including phenoxy) is 5. The van der Waals surface area contributed by atoms with Crippen molar-refractivity contribution in [3.05, 3.63) is 65.1 Å². The van der Waals surface area contributed by atoms with Crippen LogP contribution in [0.1, 0.15) is 62.4 Å². The fourth-order valence-electron chi connectivity index (χ4n) is 9.68. The Labute approximate surface area is 397 Å². The third kappa shape index (κ3) is 9.03. The number of imidazole rings is 2. The van der Waals surface area contributed by atoms with Gasteiger partial charge in [-0.15, -0.1) is 0 Å². The Morgan fingerprint density at radius 3 is 2.36 bits per heavy atom. The van der Waals surface area contributed by atoms with Gasteiger partial charge in [-0.05, 0) is 39.0 Å². The maximum atomic E-state index is 16.2. The van der Waals surface area contributed by atoms with Crippen LogP contribution in [0.4, 0.5) is 47.7 Å². The molecule has 0 aromatic carbocycles. The fraction of sp³-hybridized carbons (Fsp3) is 0.535. The van der Waals surface area contributed by atoms with Gasteiger partial charge >= 0.3 is 12.2 Å². The molecular weight excluding hydrogens is 926 g/mol. The summed E-state index contributed by atoms with van der Waals surface area (Å²) in [5, 5.41) is 24.3. The number of carbonyl (C=O) groups is 2. The summed E-state index contributed by atoms with van der Waals surface area (Å²) < 4.78 is 64.9. The summed E-state index contributed by atoms with van der Waals surface area (Å²) in [4.78, 5) is 47.8. The number of nitrogens with one attached hydrogen (secondary N) is 5. The van der Waals surface area contributed by atoms with Crippen LogP contribution < -0.4 is 26.2 Å². The quantitative estimate of drug-likeness (QED) is 0.0874. The van der Waals surface area contributed by atoms with E-state index in [9.17, 15) is 9.59 Å². The van der Waals surface area contributed by atoms with E-state index < -0.39 is 48.9 Å². The normalized spacial score (nSPS) is 26.6. The average molecular weight is 977 g/mol. The molecule has 6 aromatic rings. The zero-order chi connectivity index (χ0) is 47.6. The first-order valence-corrected chi connectivity index (χ1v) is 23.2. The van der Waals surface area contributed by atoms with E-state index in [0.717, 1.165) is 19.3 Å². The second-order valence-electron chi connectivity index (χ2n) is 18.5. The van der Waals surface area contributed by atoms with Crippen molar-refractivity contribution < 1.29 is 42.1 Å². The van der Waals surface area contributed by atoms with Gasteiger partial charge in [0.1, 0.15) is 34.5 Å². The van der Waals surface area contributed by atoms with Crippen LogP contribution in [0.15, 0.2) is 42.9 Å². The number of aromatic amines is 1. The van der Waals surface area contributed by atoms with Gasteiger partial charge in [-0.25, -0.2) is 33.3 Å². The van der Waals surface area contributed by atoms with E-state index in [1.807, 2.05) is 6.07 Å². The van der Waals surface area contributed by atoms with Crippen LogP contribution >= 0.6 is 11.6 Å². The summed E-state index contributed by atoms with van der Waals surface area (Å²) in [5.74, 6) is 2.81. The van der Waals surface area contributed by atoms with E-state index in [0.29, 0.717) is 89.8 Å². The lowest BCUT2D eigenvalue weighted by Gasteiger charge is -2.61. The molecular formula is C43H51ClF2N16O7. The predicted octanol–water partition coefficient (Wildman–Crippen LogP) is 4.73. The highest BCUT2D eigenvalue weighted by atomic mass is 35.5. The molecule has 3 saturated heterocycles. The van der Waals surface area contributed by atoms with Gasteiger partial charge in [0.2, 0.25) is 11.9 Å². The number of hydrogen-bond donors (Lipinski definition) is 5. The lowest BCUT2D eigenvalue weighted by molar-refractivity contribution is -0.0528. The number of halogens is 3. The van der Waals surface area contributed by atoms with E-state index in [1.54, 1.807) is 71.2 Å². The molecule has 0 spiro atoms. The van der Waals surface area contributed by atoms with Crippen LogP contribution in [-0.4, -0.2) is 148 Å². The van der Waals surface area contributed by atoms with Gasteiger partial charge in [-0.3, -0.25) is 23.5 Å². The van der Waals surface area contributed by atoms with E-state index in [2.05, 4.69) is 56.2 Å². The molecule has 0 radical (unpaired) electrons. The summed E-state index contributed by atoms with van der Waals surface area (Å²) in [6.45, 7) is 6.18. The standard InChI is InChI=1S/C43H51ClF2N16O7/c1-22(2)48-41(63)68-28-20-67-38(36(28)46)26-11-31(52-39-50-29(44)12-34-49-24(18-65-3)17-61(34)39)57-62(26)21-58-6-8-59(9-7-58)33-13-32-47-4-5-60(32)40(53-33)51-30-10-25(55-56-30)37-35(45)27(19-66-37)69-42(64)54-43-14-23(15-43)16-43/h4-5,10-13,17,22-23,27-28,35-38H,6-9,14-16,18-21H2,1-3H3,(H,48,63)(H,54,64)(H,50,52,57)(H2,51,53,55,56)/t23?,27-,28+,35-,36-,37-,38+,43?/m1/s1. The molecule has 6 aromatic heterocycles. The Morgan fingerprint density at radius 2 is 1.62 bits per heavy atom. The van der Waals surface area contributed by atoms with Gasteiger partial charge < -0.3 is 49.9 Å². The van der Waals surface area contributed by atoms with Gasteiger partial charge in [0.25, 0.3) is 0 Å². The Hall–Kier alpha value is -6.41. The second kappa shape index (κ2) is 18.2. The highest BCUT2D eigenvalue weighted by Gasteiger charge is 2.58. The number of rotatable bonds is 15. The maximum absolute atomic E-state index is 16.2. The lowest BCUT2D eigenvalue weighted by Crippen LogP contribution is -2.68. The number of fused-ring (bicyclic) bond motifs is 2. The first-order chi connectivity index (χ1) is 33.4. The SMILES string of the molecule is COCc1cn2c(Nc3cc([C@@H]4OC[C@H](OC(=O)NC(C)C)[C@H]4F)n(CN4CCN(c5cc6nccn6c(Nc6cc([C@H]7OC[C@@H](OC(=O)NC89CC(C8)C9)[C@H]7F)[nH]n6)n5)CC4)n3)nc(Cl)cc2n1. The number of carbonyl (C=O) groups excluding carboxylic acids is 2. The molecule has 6 aliphatic rings. The van der Waals surface area contributed by atoms with Crippen LogP contribution in [0.5, 0.6) is 0 Å². The highest BCUT2D eigenvalue weighted by molar-refractivity contribution is 6.29. The van der Waals surface area contributed by atoms with E-state index >= 15 is 8.78 Å². The minimum atomic E-state index is -1.69. The monoisotopic (exact) mass is 976 g/mol. The molecule has 6 atom stereocenters.